The summed E-state index contributed by atoms with van der Waals surface area (Å²) >= 11 is 6.93. The van der Waals surface area contributed by atoms with Gasteiger partial charge in [-0.1, -0.05) is 143 Å². The summed E-state index contributed by atoms with van der Waals surface area (Å²) in [5.74, 6) is -5.54. The Hall–Kier alpha value is -7.29. The fraction of sp³-hybridized carbons (Fsp3) is 0.637. The molecule has 110 heavy (non-hydrogen) atoms. The third-order valence-corrected chi connectivity index (χ3v) is 21.6. The number of aromatic nitrogens is 2. The number of amides is 9. The fourth-order valence-corrected chi connectivity index (χ4v) is 14.6. The van der Waals surface area contributed by atoms with Gasteiger partial charge in [-0.15, -0.1) is 0 Å². The van der Waals surface area contributed by atoms with Crippen LogP contribution >= 0.6 is 31.9 Å². The highest BCUT2D eigenvalue weighted by atomic mass is 79.9. The van der Waals surface area contributed by atoms with E-state index >= 15 is 0 Å². The van der Waals surface area contributed by atoms with Crippen LogP contribution in [0.3, 0.4) is 0 Å². The summed E-state index contributed by atoms with van der Waals surface area (Å²) in [6, 6.07) is 14.8. The highest BCUT2D eigenvalue weighted by Gasteiger charge is 2.44. The first-order valence-corrected chi connectivity index (χ1v) is 40.5. The first-order chi connectivity index (χ1) is 51.8. The Morgan fingerprint density at radius 1 is 0.727 bits per heavy atom. The van der Waals surface area contributed by atoms with Crippen LogP contribution in [0.1, 0.15) is 194 Å². The number of hydrogen-bond acceptors (Lipinski definition) is 19. The van der Waals surface area contributed by atoms with Gasteiger partial charge in [0.1, 0.15) is 30.8 Å². The number of ether oxygens (including phenoxy) is 4. The molecule has 1 saturated heterocycles. The minimum atomic E-state index is -1.31. The second kappa shape index (κ2) is 44.2. The minimum Gasteiger partial charge on any atom is -0.445 e. The van der Waals surface area contributed by atoms with Crippen LogP contribution in [0, 0.1) is 29.6 Å². The highest BCUT2D eigenvalue weighted by molar-refractivity contribution is 9.09. The SMILES string of the molecule is CCC(C)C(C(CC(=O)N1CCCC1C(OC)C(C)C(=O)NC(C)C(O)c1ccccc1)OC)N(C)C(=O)C(NC(=O)C(C(C)C)N(C)C(=O)OCc1ccc(NC(=O)C(CCCNC(N)O)NC(=O)C(NC(=O)CCC(C)(C)OCCC(C)(C)NC(=O)c2ccc3nc(CBr)c(CBr)nc3c2)C(C)C)cc1)C(C)C. The van der Waals surface area contributed by atoms with Gasteiger partial charge in [-0.3, -0.25) is 54.3 Å². The Labute approximate surface area is 666 Å². The van der Waals surface area contributed by atoms with Crippen molar-refractivity contribution in [2.24, 2.45) is 35.3 Å². The number of likely N-dealkylation sites (N-methyl/N-ethyl adjacent to an activating group) is 2. The molecule has 1 fully saturated rings. The van der Waals surface area contributed by atoms with E-state index in [4.69, 9.17) is 29.7 Å². The van der Waals surface area contributed by atoms with Crippen LogP contribution in [0.15, 0.2) is 72.8 Å². The number of nitrogens with zero attached hydrogens (tertiary/aromatic N) is 5. The van der Waals surface area contributed by atoms with Crippen LogP contribution in [0.4, 0.5) is 10.5 Å². The third kappa shape index (κ3) is 27.5. The lowest BCUT2D eigenvalue weighted by Gasteiger charge is -2.41. The van der Waals surface area contributed by atoms with E-state index in [2.05, 4.69) is 74.1 Å². The van der Waals surface area contributed by atoms with Crippen molar-refractivity contribution in [1.29, 1.82) is 0 Å². The van der Waals surface area contributed by atoms with Gasteiger partial charge in [0.25, 0.3) is 5.91 Å². The molecule has 3 aromatic carbocycles. The first kappa shape index (κ1) is 93.3. The van der Waals surface area contributed by atoms with Crippen molar-refractivity contribution < 1.29 is 72.3 Å². The van der Waals surface area contributed by atoms with Crippen molar-refractivity contribution in [3.05, 3.63) is 101 Å². The van der Waals surface area contributed by atoms with Crippen molar-refractivity contribution in [1.82, 2.24) is 56.6 Å². The third-order valence-electron chi connectivity index (χ3n) is 20.5. The molecule has 30 heteroatoms. The molecular formula is C80H123Br2N13O15. The van der Waals surface area contributed by atoms with E-state index in [1.807, 2.05) is 59.7 Å². The number of carbonyl (C=O) groups excluding carboxylic acids is 9. The summed E-state index contributed by atoms with van der Waals surface area (Å²) in [5.41, 5.74) is 8.96. The Bertz CT molecular complexity index is 3670. The van der Waals surface area contributed by atoms with E-state index in [9.17, 15) is 53.4 Å². The second-order valence-corrected chi connectivity index (χ2v) is 32.3. The van der Waals surface area contributed by atoms with E-state index in [0.717, 1.165) is 11.4 Å². The van der Waals surface area contributed by atoms with Gasteiger partial charge < -0.3 is 70.9 Å². The lowest BCUT2D eigenvalue weighted by molar-refractivity contribution is -0.148. The van der Waals surface area contributed by atoms with Gasteiger partial charge in [0.15, 0.2) is 6.35 Å². The molecule has 2 heterocycles. The maximum absolute atomic E-state index is 14.9. The predicted molar refractivity (Wildman–Crippen MR) is 430 cm³/mol. The van der Waals surface area contributed by atoms with Crippen LogP contribution < -0.4 is 43.0 Å². The van der Waals surface area contributed by atoms with Crippen molar-refractivity contribution >= 4 is 102 Å². The zero-order valence-electron chi connectivity index (χ0n) is 67.5. The van der Waals surface area contributed by atoms with Gasteiger partial charge in [0.2, 0.25) is 41.4 Å². The molecule has 0 bridgehead atoms. The molecule has 28 nitrogen and oxygen atoms in total. The van der Waals surface area contributed by atoms with Gasteiger partial charge in [0.05, 0.1) is 76.8 Å². The summed E-state index contributed by atoms with van der Waals surface area (Å²) in [7, 11) is 6.10. The molecule has 0 spiro atoms. The number of carbonyl (C=O) groups is 9. The molecular weight excluding hydrogens is 1540 g/mol. The standard InChI is InChI=1S/C80H123Br2N13O15/c1-19-49(8)68(62(107-17)42-64(97)95-39-24-28-61(95)70(108-18)50(9)71(99)85-51(10)69(98)53-25-21-20-22-26-53)93(15)76(104)66(47(4)5)91-75(103)67(48(6)7)94(16)78(106)109-45-52-29-32-55(33-30-52)86-73(101)57(27-23-38-84-77(83)105)89-74(102)65(46(2)3)90-63(96)35-36-80(13,14)110-40-37-79(11,12)92-72(100)54-31-34-56-58(41-54)88-60(44-82)59(43-81)87-56/h20-22,25-26,29-34,41,46-51,57,61-62,65-70,77,84,98,105H,19,23-24,27-28,35-40,42-45,83H2,1-18H3,(H,85,99)(H,86,101)(H,89,102)(H,90,96)(H,91,103)(H,92,100). The molecule has 0 aliphatic carbocycles. The van der Waals surface area contributed by atoms with Crippen molar-refractivity contribution in [2.75, 3.05) is 53.3 Å². The maximum Gasteiger partial charge on any atom is 0.410 e. The Morgan fingerprint density at radius 3 is 1.95 bits per heavy atom. The molecule has 13 unspecified atom stereocenters. The average molecular weight is 1670 g/mol. The number of methoxy groups -OCH3 is 2. The van der Waals surface area contributed by atoms with Gasteiger partial charge in [0, 0.05) is 75.3 Å². The maximum atomic E-state index is 14.9. The van der Waals surface area contributed by atoms with Crippen LogP contribution in [0.25, 0.3) is 11.0 Å². The topological polar surface area (TPSA) is 377 Å². The van der Waals surface area contributed by atoms with Crippen LogP contribution in [0.2, 0.25) is 0 Å². The number of rotatable bonds is 44. The number of likely N-dealkylation sites (tertiary alicyclic amines) is 1. The zero-order chi connectivity index (χ0) is 82.1. The van der Waals surface area contributed by atoms with Crippen LogP contribution in [0.5, 0.6) is 0 Å². The van der Waals surface area contributed by atoms with E-state index in [0.29, 0.717) is 89.1 Å². The largest absolute Gasteiger partial charge is 0.445 e. The zero-order valence-corrected chi connectivity index (χ0v) is 70.7. The predicted octanol–water partition coefficient (Wildman–Crippen LogP) is 8.65. The Morgan fingerprint density at radius 2 is 1.36 bits per heavy atom. The average Bonchev–Trinajstić information content (AvgIpc) is 0.906. The molecule has 5 rings (SSSR count). The molecule has 1 aliphatic heterocycles. The van der Waals surface area contributed by atoms with E-state index in [1.54, 1.807) is 127 Å². The quantitative estimate of drug-likeness (QED) is 0.0112. The normalized spacial score (nSPS) is 16.6. The Balaban J connectivity index is 1.15. The number of nitrogens with one attached hydrogen (secondary N) is 7. The lowest BCUT2D eigenvalue weighted by Crippen LogP contribution is -2.60. The molecule has 1 aliphatic rings. The summed E-state index contributed by atoms with van der Waals surface area (Å²) in [6.07, 6.45) is -1.53. The summed E-state index contributed by atoms with van der Waals surface area (Å²) < 4.78 is 24.1. The molecule has 11 N–H and O–H groups in total. The number of aliphatic hydroxyl groups excluding tert-OH is 2. The molecule has 1 aromatic heterocycles. The fourth-order valence-electron chi connectivity index (χ4n) is 13.7. The smallest absolute Gasteiger partial charge is 0.410 e. The number of fused-ring (bicyclic) bond motifs is 1. The van der Waals surface area contributed by atoms with Gasteiger partial charge >= 0.3 is 6.09 Å². The first-order valence-electron chi connectivity index (χ1n) is 38.2. The van der Waals surface area contributed by atoms with Gasteiger partial charge in [-0.25, -0.2) is 14.8 Å². The van der Waals surface area contributed by atoms with Crippen molar-refractivity contribution in [2.45, 2.75) is 250 Å². The van der Waals surface area contributed by atoms with Crippen molar-refractivity contribution in [3.8, 4) is 0 Å². The molecule has 9 amide bonds. The monoisotopic (exact) mass is 1660 g/mol. The van der Waals surface area contributed by atoms with E-state index in [1.165, 1.54) is 26.2 Å². The number of anilines is 1. The van der Waals surface area contributed by atoms with E-state index in [-0.39, 0.29) is 62.7 Å². The van der Waals surface area contributed by atoms with Gasteiger partial charge in [-0.2, -0.15) is 0 Å². The molecule has 13 atom stereocenters. The summed E-state index contributed by atoms with van der Waals surface area (Å²) in [6.45, 7) is 26.3. The molecule has 4 aromatic rings. The lowest BCUT2D eigenvalue weighted by atomic mass is 9.89. The minimum absolute atomic E-state index is 0.0165. The number of nitrogens with two attached hydrogens (primary N) is 1. The second-order valence-electron chi connectivity index (χ2n) is 31.2. The number of halogens is 2. The Kier molecular flexibility index (Phi) is 37.5. The number of alkyl halides is 2. The number of benzene rings is 3. The number of aliphatic hydroxyl groups is 2. The summed E-state index contributed by atoms with van der Waals surface area (Å²) in [4.78, 5) is 141. The highest BCUT2D eigenvalue weighted by Crippen LogP contribution is 2.32. The number of hydrogen-bond donors (Lipinski definition) is 10. The molecule has 0 saturated carbocycles. The van der Waals surface area contributed by atoms with Gasteiger partial charge in [-0.05, 0) is 145 Å². The summed E-state index contributed by atoms with van der Waals surface area (Å²) in [5, 5.41) is 41.9. The van der Waals surface area contributed by atoms with Crippen LogP contribution in [-0.2, 0) is 69.8 Å². The van der Waals surface area contributed by atoms with Crippen molar-refractivity contribution in [3.63, 3.8) is 0 Å². The van der Waals surface area contributed by atoms with E-state index < -0.39 is 137 Å². The van der Waals surface area contributed by atoms with Crippen LogP contribution in [-0.4, -0.2) is 208 Å². The molecule has 612 valence electrons. The molecule has 0 radical (unpaired) electrons.